The van der Waals surface area contributed by atoms with Gasteiger partial charge in [0, 0.05) is 25.3 Å². The number of nitrogens with zero attached hydrogens (tertiary/aromatic N) is 2. The summed E-state index contributed by atoms with van der Waals surface area (Å²) in [5.74, 6) is 0.272. The highest BCUT2D eigenvalue weighted by atomic mass is 16.2. The van der Waals surface area contributed by atoms with Crippen molar-refractivity contribution in [3.8, 4) is 0 Å². The van der Waals surface area contributed by atoms with Crippen LogP contribution in [0.5, 0.6) is 0 Å². The van der Waals surface area contributed by atoms with Gasteiger partial charge < -0.3 is 4.90 Å². The van der Waals surface area contributed by atoms with E-state index in [1.54, 1.807) is 0 Å². The van der Waals surface area contributed by atoms with Gasteiger partial charge >= 0.3 is 0 Å². The van der Waals surface area contributed by atoms with Gasteiger partial charge in [-0.1, -0.05) is 76.9 Å². The summed E-state index contributed by atoms with van der Waals surface area (Å²) in [5.41, 5.74) is 0.996. The van der Waals surface area contributed by atoms with Crippen molar-refractivity contribution in [2.45, 2.75) is 117 Å². The van der Waals surface area contributed by atoms with Gasteiger partial charge in [0.25, 0.3) is 0 Å². The first kappa shape index (κ1) is 24.9. The molecule has 162 valence electrons. The number of rotatable bonds is 16. The van der Waals surface area contributed by atoms with E-state index < -0.39 is 0 Å². The molecule has 0 aromatic carbocycles. The first-order valence-corrected chi connectivity index (χ1v) is 12.2. The third-order valence-corrected chi connectivity index (χ3v) is 5.67. The Balaban J connectivity index is 1.88. The van der Waals surface area contributed by atoms with Gasteiger partial charge in [0.2, 0.25) is 5.91 Å². The summed E-state index contributed by atoms with van der Waals surface area (Å²) in [7, 11) is 0. The number of allylic oxidation sites excluding steroid dienone is 2. The van der Waals surface area contributed by atoms with Crippen molar-refractivity contribution in [2.75, 3.05) is 19.6 Å². The maximum atomic E-state index is 12.2. The third-order valence-electron chi connectivity index (χ3n) is 5.67. The average Bonchev–Trinajstić information content (AvgIpc) is 2.67. The zero-order valence-corrected chi connectivity index (χ0v) is 18.9. The van der Waals surface area contributed by atoms with E-state index in [2.05, 4.69) is 29.0 Å². The average molecular weight is 391 g/mol. The van der Waals surface area contributed by atoms with Crippen molar-refractivity contribution >= 4 is 11.6 Å². The number of unbranched alkanes of at least 4 members (excludes halogenated alkanes) is 12. The second-order valence-corrected chi connectivity index (χ2v) is 8.47. The van der Waals surface area contributed by atoms with E-state index in [4.69, 9.17) is 0 Å². The lowest BCUT2D eigenvalue weighted by atomic mass is 10.1. The second-order valence-electron chi connectivity index (χ2n) is 8.47. The lowest BCUT2D eigenvalue weighted by Gasteiger charge is -2.24. The Morgan fingerprint density at radius 3 is 2.07 bits per heavy atom. The van der Waals surface area contributed by atoms with Crippen LogP contribution in [0, 0.1) is 0 Å². The molecule has 0 spiro atoms. The van der Waals surface area contributed by atoms with E-state index in [0.717, 1.165) is 38.2 Å². The van der Waals surface area contributed by atoms with Gasteiger partial charge in [-0.3, -0.25) is 9.79 Å². The molecule has 0 atom stereocenters. The second kappa shape index (κ2) is 17.9. The summed E-state index contributed by atoms with van der Waals surface area (Å²) in [5, 5.41) is 0. The Kier molecular flexibility index (Phi) is 16.0. The Hall–Kier alpha value is -1.12. The van der Waals surface area contributed by atoms with Gasteiger partial charge in [0.15, 0.2) is 0 Å². The van der Waals surface area contributed by atoms with E-state index in [1.807, 2.05) is 6.92 Å². The standard InChI is InChI=1S/C25H46N2O/c1-3-4-5-6-7-8-9-10-11-12-13-14-15-16-17-18-21-27-22-19-20-26-24(2)23-25(27)28/h10-11H,3-9,12-23H2,1-2H3/b11-10?,26-24-. The van der Waals surface area contributed by atoms with Gasteiger partial charge in [-0.25, -0.2) is 0 Å². The summed E-state index contributed by atoms with van der Waals surface area (Å²) in [6, 6.07) is 0. The van der Waals surface area contributed by atoms with Crippen LogP contribution in [0.25, 0.3) is 0 Å². The lowest BCUT2D eigenvalue weighted by molar-refractivity contribution is -0.130. The molecule has 0 N–H and O–H groups in total. The zero-order valence-electron chi connectivity index (χ0n) is 18.9. The van der Waals surface area contributed by atoms with Crippen LogP contribution in [0.3, 0.4) is 0 Å². The molecule has 28 heavy (non-hydrogen) atoms. The maximum Gasteiger partial charge on any atom is 0.228 e. The Morgan fingerprint density at radius 1 is 0.857 bits per heavy atom. The molecule has 1 rings (SSSR count). The SMILES string of the molecule is CCCCCCCCC=CCCCCCCCCN1CCC/N=C(/C)CC1=O. The molecule has 0 saturated carbocycles. The van der Waals surface area contributed by atoms with Crippen LogP contribution in [0.2, 0.25) is 0 Å². The van der Waals surface area contributed by atoms with E-state index in [1.165, 1.54) is 83.5 Å². The normalized spacial score (nSPS) is 17.6. The molecule has 0 aromatic heterocycles. The molecule has 0 saturated heterocycles. The smallest absolute Gasteiger partial charge is 0.228 e. The van der Waals surface area contributed by atoms with Crippen molar-refractivity contribution < 1.29 is 4.79 Å². The number of hydrogen-bond acceptors (Lipinski definition) is 2. The summed E-state index contributed by atoms with van der Waals surface area (Å²) < 4.78 is 0. The number of amides is 1. The van der Waals surface area contributed by atoms with Gasteiger partial charge in [-0.15, -0.1) is 0 Å². The van der Waals surface area contributed by atoms with Crippen LogP contribution >= 0.6 is 0 Å². The van der Waals surface area contributed by atoms with Crippen LogP contribution in [-0.2, 0) is 4.79 Å². The van der Waals surface area contributed by atoms with Crippen LogP contribution < -0.4 is 0 Å². The summed E-state index contributed by atoms with van der Waals surface area (Å²) >= 11 is 0. The van der Waals surface area contributed by atoms with Crippen LogP contribution in [-0.4, -0.2) is 36.2 Å². The van der Waals surface area contributed by atoms with Crippen molar-refractivity contribution in [1.29, 1.82) is 0 Å². The van der Waals surface area contributed by atoms with Crippen molar-refractivity contribution in [1.82, 2.24) is 4.90 Å². The zero-order chi connectivity index (χ0) is 20.3. The van der Waals surface area contributed by atoms with E-state index in [9.17, 15) is 4.79 Å². The topological polar surface area (TPSA) is 32.7 Å². The van der Waals surface area contributed by atoms with Crippen molar-refractivity contribution in [3.05, 3.63) is 12.2 Å². The largest absolute Gasteiger partial charge is 0.342 e. The molecular weight excluding hydrogens is 344 g/mol. The van der Waals surface area contributed by atoms with Crippen molar-refractivity contribution in [2.24, 2.45) is 4.99 Å². The maximum absolute atomic E-state index is 12.2. The first-order chi connectivity index (χ1) is 13.7. The molecule has 1 aliphatic rings. The molecule has 1 amide bonds. The molecule has 0 aliphatic carbocycles. The molecule has 0 radical (unpaired) electrons. The Morgan fingerprint density at radius 2 is 1.43 bits per heavy atom. The highest BCUT2D eigenvalue weighted by Crippen LogP contribution is 2.11. The van der Waals surface area contributed by atoms with Gasteiger partial charge in [-0.2, -0.15) is 0 Å². The van der Waals surface area contributed by atoms with Gasteiger partial charge in [0.1, 0.15) is 0 Å². The van der Waals surface area contributed by atoms with Crippen LogP contribution in [0.1, 0.15) is 117 Å². The quantitative estimate of drug-likeness (QED) is 0.204. The van der Waals surface area contributed by atoms with Gasteiger partial charge in [0.05, 0.1) is 6.42 Å². The van der Waals surface area contributed by atoms with E-state index in [0.29, 0.717) is 6.42 Å². The highest BCUT2D eigenvalue weighted by molar-refractivity contribution is 5.99. The highest BCUT2D eigenvalue weighted by Gasteiger charge is 2.15. The minimum atomic E-state index is 0.272. The molecule has 0 fully saturated rings. The lowest BCUT2D eigenvalue weighted by Crippen LogP contribution is -2.35. The van der Waals surface area contributed by atoms with E-state index in [-0.39, 0.29) is 5.91 Å². The Labute approximate surface area is 175 Å². The molecule has 3 nitrogen and oxygen atoms in total. The summed E-state index contributed by atoms with van der Waals surface area (Å²) in [6.45, 7) is 6.96. The number of aliphatic imine (C=N–C) groups is 1. The fourth-order valence-corrected chi connectivity index (χ4v) is 3.83. The van der Waals surface area contributed by atoms with Crippen LogP contribution in [0.15, 0.2) is 17.1 Å². The molecular formula is C25H46N2O. The molecule has 3 heteroatoms. The molecule has 0 aromatic rings. The molecule has 0 bridgehead atoms. The number of carbonyl (C=O) groups excluding carboxylic acids is 1. The summed E-state index contributed by atoms with van der Waals surface area (Å²) in [6.07, 6.45) is 24.9. The third kappa shape index (κ3) is 14.0. The first-order valence-electron chi connectivity index (χ1n) is 12.2. The predicted octanol–water partition coefficient (Wildman–Crippen LogP) is 7.11. The fraction of sp³-hybridized carbons (Fsp3) is 0.840. The fourth-order valence-electron chi connectivity index (χ4n) is 3.83. The number of hydrogen-bond donors (Lipinski definition) is 0. The van der Waals surface area contributed by atoms with Crippen LogP contribution in [0.4, 0.5) is 0 Å². The molecule has 1 aliphatic heterocycles. The minimum absolute atomic E-state index is 0.272. The minimum Gasteiger partial charge on any atom is -0.342 e. The van der Waals surface area contributed by atoms with Gasteiger partial charge in [-0.05, 0) is 45.4 Å². The molecule has 0 unspecified atom stereocenters. The van der Waals surface area contributed by atoms with Crippen molar-refractivity contribution in [3.63, 3.8) is 0 Å². The number of carbonyl (C=O) groups is 1. The Bertz CT molecular complexity index is 442. The predicted molar refractivity (Wildman–Crippen MR) is 123 cm³/mol. The monoisotopic (exact) mass is 390 g/mol. The summed E-state index contributed by atoms with van der Waals surface area (Å²) in [4.78, 5) is 18.7. The van der Waals surface area contributed by atoms with E-state index >= 15 is 0 Å². The molecule has 1 heterocycles.